The second-order valence-corrected chi connectivity index (χ2v) is 9.81. The first-order chi connectivity index (χ1) is 18.1. The smallest absolute Gasteiger partial charge is 0.124 e. The number of aromatic nitrogens is 5. The molecule has 0 bridgehead atoms. The molecule has 0 saturated carbocycles. The van der Waals surface area contributed by atoms with E-state index in [-0.39, 0.29) is 6.10 Å². The Balaban J connectivity index is 1.25. The van der Waals surface area contributed by atoms with E-state index in [1.165, 1.54) is 0 Å². The summed E-state index contributed by atoms with van der Waals surface area (Å²) in [6, 6.07) is 10.2. The van der Waals surface area contributed by atoms with Crippen LogP contribution in [0.4, 0.5) is 0 Å². The lowest BCUT2D eigenvalue weighted by atomic mass is 10.1. The number of nitrogens with zero attached hydrogens (tertiary/aromatic N) is 4. The lowest BCUT2D eigenvalue weighted by molar-refractivity contribution is 0.142. The molecular formula is C27H28Cl2N6O2. The molecule has 2 unspecified atom stereocenters. The second-order valence-electron chi connectivity index (χ2n) is 9.00. The molecule has 0 aliphatic carbocycles. The molecule has 37 heavy (non-hydrogen) atoms. The molecule has 0 spiro atoms. The van der Waals surface area contributed by atoms with E-state index in [9.17, 15) is 0 Å². The number of fused-ring (bicyclic) bond motifs is 1. The van der Waals surface area contributed by atoms with Crippen LogP contribution in [-0.2, 0) is 11.3 Å². The van der Waals surface area contributed by atoms with Crippen molar-refractivity contribution in [3.05, 3.63) is 75.4 Å². The highest BCUT2D eigenvalue weighted by Gasteiger charge is 2.17. The quantitative estimate of drug-likeness (QED) is 0.282. The summed E-state index contributed by atoms with van der Waals surface area (Å²) in [7, 11) is 0. The summed E-state index contributed by atoms with van der Waals surface area (Å²) in [6.45, 7) is 4.27. The fourth-order valence-corrected chi connectivity index (χ4v) is 5.03. The third kappa shape index (κ3) is 6.45. The fourth-order valence-electron chi connectivity index (χ4n) is 4.36. The predicted molar refractivity (Wildman–Crippen MR) is 146 cm³/mol. The maximum atomic E-state index is 6.29. The Hall–Kier alpha value is -3.04. The van der Waals surface area contributed by atoms with Crippen LogP contribution in [0, 0.1) is 0 Å². The van der Waals surface area contributed by atoms with Gasteiger partial charge < -0.3 is 14.8 Å². The Morgan fingerprint density at radius 2 is 1.97 bits per heavy atom. The van der Waals surface area contributed by atoms with E-state index in [0.717, 1.165) is 60.5 Å². The molecule has 1 fully saturated rings. The molecule has 1 saturated heterocycles. The molecule has 8 nitrogen and oxygen atoms in total. The number of halogens is 2. The van der Waals surface area contributed by atoms with Crippen LogP contribution in [-0.4, -0.2) is 44.6 Å². The monoisotopic (exact) mass is 538 g/mol. The molecule has 5 rings (SSSR count). The van der Waals surface area contributed by atoms with Crippen molar-refractivity contribution >= 4 is 46.3 Å². The summed E-state index contributed by atoms with van der Waals surface area (Å²) in [5.74, 6) is 0.678. The van der Waals surface area contributed by atoms with Gasteiger partial charge in [-0.1, -0.05) is 23.2 Å². The van der Waals surface area contributed by atoms with Crippen molar-refractivity contribution in [2.24, 2.45) is 0 Å². The maximum Gasteiger partial charge on any atom is 0.124 e. The van der Waals surface area contributed by atoms with Crippen LogP contribution in [0.25, 0.3) is 23.1 Å². The average Bonchev–Trinajstić information content (AvgIpc) is 3.11. The van der Waals surface area contributed by atoms with Crippen LogP contribution < -0.4 is 10.1 Å². The molecule has 10 heteroatoms. The molecule has 4 aromatic rings. The van der Waals surface area contributed by atoms with E-state index in [0.29, 0.717) is 33.9 Å². The van der Waals surface area contributed by atoms with Gasteiger partial charge in [0.1, 0.15) is 11.9 Å². The first-order valence-corrected chi connectivity index (χ1v) is 13.1. The Bertz CT molecular complexity index is 1350. The van der Waals surface area contributed by atoms with Gasteiger partial charge in [-0.15, -0.1) is 0 Å². The summed E-state index contributed by atoms with van der Waals surface area (Å²) >= 11 is 12.6. The first kappa shape index (κ1) is 25.6. The van der Waals surface area contributed by atoms with E-state index in [1.54, 1.807) is 12.4 Å². The summed E-state index contributed by atoms with van der Waals surface area (Å²) in [4.78, 5) is 4.00. The van der Waals surface area contributed by atoms with Gasteiger partial charge >= 0.3 is 0 Å². The van der Waals surface area contributed by atoms with Gasteiger partial charge in [0.25, 0.3) is 0 Å². The fraction of sp³-hybridized carbons (Fsp3) is 0.333. The number of rotatable bonds is 8. The van der Waals surface area contributed by atoms with Gasteiger partial charge in [0, 0.05) is 49.1 Å². The van der Waals surface area contributed by atoms with Crippen LogP contribution in [0.2, 0.25) is 10.0 Å². The molecule has 2 atom stereocenters. The van der Waals surface area contributed by atoms with Crippen LogP contribution in [0.5, 0.6) is 5.75 Å². The zero-order valence-electron chi connectivity index (χ0n) is 20.5. The topological polar surface area (TPSA) is 97.8 Å². The minimum atomic E-state index is -0.356. The number of hydrogen-bond acceptors (Lipinski definition) is 7. The van der Waals surface area contributed by atoms with Gasteiger partial charge in [0.2, 0.25) is 0 Å². The van der Waals surface area contributed by atoms with Gasteiger partial charge in [-0.2, -0.15) is 15.3 Å². The van der Waals surface area contributed by atoms with Crippen molar-refractivity contribution in [1.29, 1.82) is 0 Å². The number of nitrogens with one attached hydrogen (secondary N) is 2. The molecule has 1 aromatic carbocycles. The highest BCUT2D eigenvalue weighted by Crippen LogP contribution is 2.33. The number of pyridine rings is 1. The number of H-pyrrole nitrogens is 1. The SMILES string of the molecule is CC(Oc1ccc2[nH]nc(/C=C/c3ccc(CNC4CCCOCC4)nn3)c2c1)c1c(Cl)cncc1Cl. The van der Waals surface area contributed by atoms with Gasteiger partial charge in [-0.25, -0.2) is 0 Å². The third-order valence-corrected chi connectivity index (χ3v) is 6.95. The second kappa shape index (κ2) is 12.0. The van der Waals surface area contributed by atoms with Crippen molar-refractivity contribution in [3.8, 4) is 5.75 Å². The van der Waals surface area contributed by atoms with Crippen molar-refractivity contribution < 1.29 is 9.47 Å². The highest BCUT2D eigenvalue weighted by molar-refractivity contribution is 6.35. The predicted octanol–water partition coefficient (Wildman–Crippen LogP) is 6.02. The Morgan fingerprint density at radius 1 is 1.11 bits per heavy atom. The van der Waals surface area contributed by atoms with Crippen molar-refractivity contribution in [2.45, 2.75) is 44.9 Å². The summed E-state index contributed by atoms with van der Waals surface area (Å²) < 4.78 is 11.7. The van der Waals surface area contributed by atoms with Gasteiger partial charge in [0.05, 0.1) is 32.6 Å². The van der Waals surface area contributed by atoms with Gasteiger partial charge in [-0.05, 0) is 68.7 Å². The number of hydrogen-bond donors (Lipinski definition) is 2. The molecule has 0 amide bonds. The van der Waals surface area contributed by atoms with E-state index in [2.05, 4.69) is 30.7 Å². The van der Waals surface area contributed by atoms with E-state index in [1.807, 2.05) is 49.4 Å². The summed E-state index contributed by atoms with van der Waals surface area (Å²) in [5.41, 5.74) is 4.04. The standard InChI is InChI=1S/C27H28Cl2N6O2/c1-17(27-23(28)15-30-16-24(27)29)37-21-7-9-26-22(13-21)25(34-35-26)8-6-19-4-5-20(33-32-19)14-31-18-3-2-11-36-12-10-18/h4-9,13,15-18,31H,2-3,10-12,14H2,1H3,(H,34,35)/b8-6+. The molecule has 192 valence electrons. The molecule has 2 N–H and O–H groups in total. The summed E-state index contributed by atoms with van der Waals surface area (Å²) in [5, 5.41) is 21.6. The van der Waals surface area contributed by atoms with Gasteiger partial charge in [-0.3, -0.25) is 10.1 Å². The van der Waals surface area contributed by atoms with E-state index >= 15 is 0 Å². The van der Waals surface area contributed by atoms with Crippen molar-refractivity contribution in [1.82, 2.24) is 30.7 Å². The maximum absolute atomic E-state index is 6.29. The molecule has 3 aromatic heterocycles. The van der Waals surface area contributed by atoms with Crippen LogP contribution >= 0.6 is 23.2 Å². The van der Waals surface area contributed by atoms with E-state index in [4.69, 9.17) is 32.7 Å². The average molecular weight is 539 g/mol. The molecule has 0 radical (unpaired) electrons. The molecule has 1 aliphatic heterocycles. The normalized spacial score (nSPS) is 17.2. The third-order valence-electron chi connectivity index (χ3n) is 6.35. The summed E-state index contributed by atoms with van der Waals surface area (Å²) in [6.07, 6.45) is 9.82. The lowest BCUT2D eigenvalue weighted by Gasteiger charge is -2.17. The zero-order valence-corrected chi connectivity index (χ0v) is 22.0. The minimum absolute atomic E-state index is 0.356. The van der Waals surface area contributed by atoms with Crippen molar-refractivity contribution in [3.63, 3.8) is 0 Å². The first-order valence-electron chi connectivity index (χ1n) is 12.3. The van der Waals surface area contributed by atoms with Gasteiger partial charge in [0.15, 0.2) is 0 Å². The number of ether oxygens (including phenoxy) is 2. The molecule has 1 aliphatic rings. The highest BCUT2D eigenvalue weighted by atomic mass is 35.5. The molecular weight excluding hydrogens is 511 g/mol. The van der Waals surface area contributed by atoms with E-state index < -0.39 is 0 Å². The lowest BCUT2D eigenvalue weighted by Crippen LogP contribution is -2.29. The minimum Gasteiger partial charge on any atom is -0.486 e. The Labute approximate surface area is 225 Å². The molecule has 4 heterocycles. The van der Waals surface area contributed by atoms with Crippen molar-refractivity contribution in [2.75, 3.05) is 13.2 Å². The number of aromatic amines is 1. The van der Waals surface area contributed by atoms with Crippen LogP contribution in [0.1, 0.15) is 54.9 Å². The number of benzene rings is 1. The Morgan fingerprint density at radius 3 is 2.78 bits per heavy atom. The Kier molecular flexibility index (Phi) is 8.31. The van der Waals surface area contributed by atoms with Crippen LogP contribution in [0.15, 0.2) is 42.7 Å². The van der Waals surface area contributed by atoms with Crippen LogP contribution in [0.3, 0.4) is 0 Å². The largest absolute Gasteiger partial charge is 0.486 e. The zero-order chi connectivity index (χ0) is 25.6.